The molecule has 0 radical (unpaired) electrons. The Bertz CT molecular complexity index is 830. The molecule has 1 fully saturated rings. The molecule has 4 nitrogen and oxygen atoms in total. The summed E-state index contributed by atoms with van der Waals surface area (Å²) in [6.07, 6.45) is 0. The first kappa shape index (κ1) is 16.6. The first-order valence-corrected chi connectivity index (χ1v) is 8.55. The molecule has 1 heterocycles. The molecule has 0 bridgehead atoms. The van der Waals surface area contributed by atoms with Crippen LogP contribution in [0.2, 0.25) is 5.02 Å². The Morgan fingerprint density at radius 1 is 1.12 bits per heavy atom. The minimum atomic E-state index is -0.451. The smallest absolute Gasteiger partial charge is 0.291 e. The van der Waals surface area contributed by atoms with Gasteiger partial charge in [-0.25, -0.2) is 0 Å². The highest BCUT2D eigenvalue weighted by Gasteiger charge is 2.30. The zero-order valence-corrected chi connectivity index (χ0v) is 14.4. The van der Waals surface area contributed by atoms with E-state index in [1.54, 1.807) is 31.2 Å². The van der Waals surface area contributed by atoms with Gasteiger partial charge in [0.1, 0.15) is 10.7 Å². The molecule has 2 aliphatic carbocycles. The van der Waals surface area contributed by atoms with Crippen LogP contribution < -0.4 is 5.32 Å². The molecule has 122 valence electrons. The summed E-state index contributed by atoms with van der Waals surface area (Å²) >= 11 is 6.90. The van der Waals surface area contributed by atoms with Crippen LogP contribution in [-0.2, 0) is 9.53 Å². The van der Waals surface area contributed by atoms with Gasteiger partial charge in [-0.2, -0.15) is 0 Å². The van der Waals surface area contributed by atoms with E-state index in [2.05, 4.69) is 29.6 Å². The zero-order chi connectivity index (χ0) is 17.1. The summed E-state index contributed by atoms with van der Waals surface area (Å²) in [4.78, 5) is 23.1. The summed E-state index contributed by atoms with van der Waals surface area (Å²) in [6.45, 7) is 2.18. The molecule has 0 unspecified atom stereocenters. The monoisotopic (exact) mass is 359 g/mol. The van der Waals surface area contributed by atoms with Crippen molar-refractivity contribution in [3.63, 3.8) is 0 Å². The number of thioether (sulfide) groups is 1. The van der Waals surface area contributed by atoms with Crippen molar-refractivity contribution in [2.75, 3.05) is 6.61 Å². The molecule has 0 saturated carbocycles. The number of hydrogen-bond donors (Lipinski definition) is 1. The maximum atomic E-state index is 11.7. The second-order valence-electron chi connectivity index (χ2n) is 5.00. The van der Waals surface area contributed by atoms with Gasteiger partial charge >= 0.3 is 0 Å². The van der Waals surface area contributed by atoms with E-state index in [4.69, 9.17) is 16.3 Å². The molecule has 1 aromatic rings. The molecular formula is C18H14ClNO3S. The van der Waals surface area contributed by atoms with E-state index in [1.165, 1.54) is 11.1 Å². The van der Waals surface area contributed by atoms with Crippen LogP contribution in [0.25, 0.3) is 16.9 Å². The molecule has 1 aliphatic heterocycles. The van der Waals surface area contributed by atoms with Gasteiger partial charge in [0.25, 0.3) is 11.1 Å². The molecular weight excluding hydrogens is 346 g/mol. The van der Waals surface area contributed by atoms with Crippen LogP contribution in [0.4, 0.5) is 4.79 Å². The third-order valence-electron chi connectivity index (χ3n) is 3.34. The van der Waals surface area contributed by atoms with E-state index in [-0.39, 0.29) is 4.91 Å². The third-order valence-corrected chi connectivity index (χ3v) is 4.53. The van der Waals surface area contributed by atoms with Gasteiger partial charge in [-0.15, -0.1) is 0 Å². The van der Waals surface area contributed by atoms with Crippen LogP contribution in [0.1, 0.15) is 12.5 Å². The number of carbonyl (C=O) groups is 2. The van der Waals surface area contributed by atoms with Gasteiger partial charge < -0.3 is 4.74 Å². The number of carbonyl (C=O) groups excluding carboxylic acids is 2. The van der Waals surface area contributed by atoms with Crippen molar-refractivity contribution in [2.24, 2.45) is 0 Å². The van der Waals surface area contributed by atoms with Crippen molar-refractivity contribution in [3.05, 3.63) is 64.0 Å². The predicted molar refractivity (Wildman–Crippen MR) is 96.6 cm³/mol. The van der Waals surface area contributed by atoms with Crippen LogP contribution in [0.15, 0.2) is 53.4 Å². The first-order valence-electron chi connectivity index (χ1n) is 7.35. The number of rotatable bonds is 3. The SMILES string of the molecule is CCOC(=C1SC(=O)NC1=O)c1ccccc1Cl.c1cc2cc-2c1. The minimum absolute atomic E-state index is 0.245. The maximum Gasteiger partial charge on any atom is 0.291 e. The fourth-order valence-corrected chi connectivity index (χ4v) is 3.15. The fourth-order valence-electron chi connectivity index (χ4n) is 2.19. The highest BCUT2D eigenvalue weighted by atomic mass is 35.5. The molecule has 0 atom stereocenters. The Balaban J connectivity index is 0.000000231. The van der Waals surface area contributed by atoms with E-state index >= 15 is 0 Å². The van der Waals surface area contributed by atoms with Crippen LogP contribution in [0, 0.1) is 0 Å². The lowest BCUT2D eigenvalue weighted by Gasteiger charge is -2.11. The Kier molecular flexibility index (Phi) is 4.92. The quantitative estimate of drug-likeness (QED) is 0.544. The Morgan fingerprint density at radius 3 is 2.29 bits per heavy atom. The second-order valence-corrected chi connectivity index (χ2v) is 6.39. The van der Waals surface area contributed by atoms with E-state index in [0.717, 1.165) is 11.8 Å². The van der Waals surface area contributed by atoms with Crippen molar-refractivity contribution in [2.45, 2.75) is 6.92 Å². The van der Waals surface area contributed by atoms with Gasteiger partial charge in [0.15, 0.2) is 0 Å². The maximum absolute atomic E-state index is 11.7. The van der Waals surface area contributed by atoms with Crippen LogP contribution >= 0.6 is 23.4 Å². The molecule has 1 saturated heterocycles. The topological polar surface area (TPSA) is 55.4 Å². The summed E-state index contributed by atoms with van der Waals surface area (Å²) in [5.41, 5.74) is 3.46. The number of halogens is 1. The summed E-state index contributed by atoms with van der Waals surface area (Å²) in [6, 6.07) is 15.5. The van der Waals surface area contributed by atoms with E-state index < -0.39 is 11.1 Å². The van der Waals surface area contributed by atoms with Gasteiger partial charge in [-0.05, 0) is 48.0 Å². The lowest BCUT2D eigenvalue weighted by Crippen LogP contribution is -2.18. The van der Waals surface area contributed by atoms with Crippen LogP contribution in [0.3, 0.4) is 0 Å². The molecule has 24 heavy (non-hydrogen) atoms. The highest BCUT2D eigenvalue weighted by Crippen LogP contribution is 2.35. The van der Waals surface area contributed by atoms with Crippen molar-refractivity contribution in [1.82, 2.24) is 5.32 Å². The minimum Gasteiger partial charge on any atom is -0.492 e. The normalized spacial score (nSPS) is 16.1. The molecule has 0 aromatic heterocycles. The predicted octanol–water partition coefficient (Wildman–Crippen LogP) is 4.70. The number of nitrogens with one attached hydrogen (secondary N) is 1. The van der Waals surface area contributed by atoms with Gasteiger partial charge in [-0.1, -0.05) is 41.9 Å². The lowest BCUT2D eigenvalue weighted by atomic mass is 10.1. The van der Waals surface area contributed by atoms with Crippen LogP contribution in [-0.4, -0.2) is 17.8 Å². The highest BCUT2D eigenvalue weighted by molar-refractivity contribution is 8.18. The molecule has 2 amide bonds. The molecule has 0 spiro atoms. The van der Waals surface area contributed by atoms with Gasteiger partial charge in [0, 0.05) is 5.56 Å². The number of imide groups is 1. The Labute approximate surface area is 148 Å². The summed E-state index contributed by atoms with van der Waals surface area (Å²) in [5, 5.41) is 2.27. The number of fused-ring (bicyclic) bond motifs is 1. The lowest BCUT2D eigenvalue weighted by molar-refractivity contribution is -0.115. The first-order chi connectivity index (χ1) is 11.6. The summed E-state index contributed by atoms with van der Waals surface area (Å²) in [7, 11) is 0. The largest absolute Gasteiger partial charge is 0.492 e. The molecule has 6 heteroatoms. The zero-order valence-electron chi connectivity index (χ0n) is 12.8. The number of benzene rings is 2. The Morgan fingerprint density at radius 2 is 1.83 bits per heavy atom. The average Bonchev–Trinajstić information content (AvgIpc) is 3.01. The van der Waals surface area contributed by atoms with Crippen molar-refractivity contribution >= 4 is 40.3 Å². The molecule has 3 aliphatic rings. The third kappa shape index (κ3) is 3.63. The Hall–Kier alpha value is -2.24. The van der Waals surface area contributed by atoms with Crippen molar-refractivity contribution in [1.29, 1.82) is 0 Å². The van der Waals surface area contributed by atoms with Gasteiger partial charge in [-0.3, -0.25) is 14.9 Å². The average molecular weight is 360 g/mol. The standard InChI is InChI=1S/C12H10ClNO3S.C6H4/c1-2-17-9(7-5-3-4-6-8(7)13)10-11(15)14-12(16)18-10;1-2-5-4-6(5)3-1/h3-6H,2H2,1H3,(H,14,15,16);1-4H. The van der Waals surface area contributed by atoms with Gasteiger partial charge in [0.05, 0.1) is 11.6 Å². The van der Waals surface area contributed by atoms with Crippen LogP contribution in [0.5, 0.6) is 0 Å². The summed E-state index contributed by atoms with van der Waals surface area (Å²) < 4.78 is 5.47. The van der Waals surface area contributed by atoms with Crippen molar-refractivity contribution < 1.29 is 14.3 Å². The van der Waals surface area contributed by atoms with Gasteiger partial charge in [0.2, 0.25) is 0 Å². The number of hydrogen-bond acceptors (Lipinski definition) is 4. The fraction of sp³-hybridized carbons (Fsp3) is 0.111. The summed E-state index contributed by atoms with van der Waals surface area (Å²) in [5.74, 6) is -0.107. The van der Waals surface area contributed by atoms with E-state index in [9.17, 15) is 9.59 Å². The second kappa shape index (κ2) is 7.11. The number of amides is 2. The van der Waals surface area contributed by atoms with E-state index in [0.29, 0.717) is 23.0 Å². The number of ether oxygens (including phenoxy) is 1. The van der Waals surface area contributed by atoms with Crippen molar-refractivity contribution in [3.8, 4) is 11.1 Å². The van der Waals surface area contributed by atoms with E-state index in [1.807, 2.05) is 0 Å². The molecule has 4 rings (SSSR count). The molecule has 1 N–H and O–H groups in total. The molecule has 1 aromatic carbocycles.